The van der Waals surface area contributed by atoms with Crippen molar-refractivity contribution < 1.29 is 8.78 Å². The molecule has 0 fully saturated rings. The number of benzene rings is 2. The van der Waals surface area contributed by atoms with Crippen molar-refractivity contribution in [3.05, 3.63) is 59.2 Å². The Hall–Kier alpha value is -1.70. The third-order valence-corrected chi connectivity index (χ3v) is 3.60. The van der Waals surface area contributed by atoms with Gasteiger partial charge in [0.1, 0.15) is 11.6 Å². The number of hydrogen-bond acceptors (Lipinski definition) is 0. The van der Waals surface area contributed by atoms with Gasteiger partial charge in [0, 0.05) is 5.41 Å². The summed E-state index contributed by atoms with van der Waals surface area (Å²) >= 11 is 0. The second-order valence-corrected chi connectivity index (χ2v) is 5.00. The highest BCUT2D eigenvalue weighted by atomic mass is 19.1. The van der Waals surface area contributed by atoms with Gasteiger partial charge < -0.3 is 0 Å². The minimum atomic E-state index is -0.338. The Bertz CT molecular complexity index is 559. The van der Waals surface area contributed by atoms with Gasteiger partial charge in [0.2, 0.25) is 0 Å². The molecule has 0 unspecified atom stereocenters. The molecule has 1 aliphatic carbocycles. The highest BCUT2D eigenvalue weighted by Crippen LogP contribution is 2.48. The first-order chi connectivity index (χ1) is 8.00. The lowest BCUT2D eigenvalue weighted by Gasteiger charge is -2.21. The molecule has 0 radical (unpaired) electrons. The van der Waals surface area contributed by atoms with Crippen molar-refractivity contribution in [1.82, 2.24) is 0 Å². The Morgan fingerprint density at radius 2 is 1.18 bits per heavy atom. The molecular formula is C15H12F2. The van der Waals surface area contributed by atoms with E-state index in [4.69, 9.17) is 0 Å². The molecule has 0 spiro atoms. The van der Waals surface area contributed by atoms with Crippen LogP contribution in [0.4, 0.5) is 8.78 Å². The average Bonchev–Trinajstić information content (AvgIpc) is 2.49. The fraction of sp³-hybridized carbons (Fsp3) is 0.200. The summed E-state index contributed by atoms with van der Waals surface area (Å²) in [5.74, 6) is -0.491. The number of rotatable bonds is 0. The molecule has 0 bridgehead atoms. The van der Waals surface area contributed by atoms with Gasteiger partial charge in [-0.3, -0.25) is 0 Å². The van der Waals surface area contributed by atoms with Crippen molar-refractivity contribution in [3.63, 3.8) is 0 Å². The van der Waals surface area contributed by atoms with Crippen LogP contribution in [-0.2, 0) is 5.41 Å². The number of halogens is 2. The summed E-state index contributed by atoms with van der Waals surface area (Å²) in [7, 11) is 0. The highest BCUT2D eigenvalue weighted by Gasteiger charge is 2.35. The van der Waals surface area contributed by atoms with Crippen LogP contribution in [-0.4, -0.2) is 0 Å². The first-order valence-corrected chi connectivity index (χ1v) is 5.60. The quantitative estimate of drug-likeness (QED) is 0.634. The Balaban J connectivity index is 2.37. The maximum absolute atomic E-state index is 13.3. The van der Waals surface area contributed by atoms with E-state index in [1.807, 2.05) is 13.8 Å². The second-order valence-electron chi connectivity index (χ2n) is 5.00. The van der Waals surface area contributed by atoms with Gasteiger partial charge in [-0.2, -0.15) is 0 Å². The smallest absolute Gasteiger partial charge is 0.123 e. The molecule has 0 nitrogen and oxygen atoms in total. The van der Waals surface area contributed by atoms with Crippen LogP contribution in [0.25, 0.3) is 11.1 Å². The van der Waals surface area contributed by atoms with Crippen LogP contribution >= 0.6 is 0 Å². The van der Waals surface area contributed by atoms with E-state index >= 15 is 0 Å². The summed E-state index contributed by atoms with van der Waals surface area (Å²) in [6.07, 6.45) is 0. The molecular weight excluding hydrogens is 218 g/mol. The standard InChI is InChI=1S/C15H12F2/c1-15(2)13-7-9(16)3-5-11(13)12-6-4-10(17)8-14(12)15/h3-8H,1-2H3. The maximum atomic E-state index is 13.3. The SMILES string of the molecule is CC1(C)c2cc(F)ccc2-c2ccc(F)cc21. The molecule has 86 valence electrons. The van der Waals surface area contributed by atoms with E-state index in [1.54, 1.807) is 24.3 Å². The molecule has 0 saturated heterocycles. The molecule has 0 heterocycles. The van der Waals surface area contributed by atoms with Crippen LogP contribution in [0.2, 0.25) is 0 Å². The Morgan fingerprint density at radius 3 is 1.59 bits per heavy atom. The van der Waals surface area contributed by atoms with Crippen molar-refractivity contribution in [2.45, 2.75) is 19.3 Å². The van der Waals surface area contributed by atoms with Gasteiger partial charge in [-0.1, -0.05) is 26.0 Å². The van der Waals surface area contributed by atoms with E-state index in [0.29, 0.717) is 0 Å². The van der Waals surface area contributed by atoms with Gasteiger partial charge in [-0.15, -0.1) is 0 Å². The van der Waals surface area contributed by atoms with Gasteiger partial charge in [0.25, 0.3) is 0 Å². The van der Waals surface area contributed by atoms with Gasteiger partial charge in [-0.25, -0.2) is 8.78 Å². The molecule has 2 aromatic carbocycles. The van der Waals surface area contributed by atoms with Crippen molar-refractivity contribution >= 4 is 0 Å². The first kappa shape index (κ1) is 10.5. The van der Waals surface area contributed by atoms with Gasteiger partial charge in [-0.05, 0) is 46.5 Å². The van der Waals surface area contributed by atoms with Crippen molar-refractivity contribution in [1.29, 1.82) is 0 Å². The molecule has 0 N–H and O–H groups in total. The molecule has 17 heavy (non-hydrogen) atoms. The lowest BCUT2D eigenvalue weighted by atomic mass is 9.82. The van der Waals surface area contributed by atoms with E-state index in [9.17, 15) is 8.78 Å². The first-order valence-electron chi connectivity index (χ1n) is 5.60. The van der Waals surface area contributed by atoms with E-state index in [0.717, 1.165) is 22.3 Å². The van der Waals surface area contributed by atoms with Crippen LogP contribution in [0.1, 0.15) is 25.0 Å². The largest absolute Gasteiger partial charge is 0.207 e. The van der Waals surface area contributed by atoms with Crippen LogP contribution in [0.5, 0.6) is 0 Å². The number of fused-ring (bicyclic) bond motifs is 3. The molecule has 0 amide bonds. The fourth-order valence-corrected chi connectivity index (χ4v) is 2.68. The van der Waals surface area contributed by atoms with E-state index in [2.05, 4.69) is 0 Å². The van der Waals surface area contributed by atoms with Crippen molar-refractivity contribution in [3.8, 4) is 11.1 Å². The zero-order valence-corrected chi connectivity index (χ0v) is 9.72. The van der Waals surface area contributed by atoms with Crippen LogP contribution < -0.4 is 0 Å². The zero-order valence-electron chi connectivity index (χ0n) is 9.72. The Labute approximate surface area is 98.9 Å². The predicted octanol–water partition coefficient (Wildman–Crippen LogP) is 4.27. The normalized spacial score (nSPS) is 15.5. The summed E-state index contributed by atoms with van der Waals surface area (Å²) in [4.78, 5) is 0. The molecule has 3 rings (SSSR count). The highest BCUT2D eigenvalue weighted by molar-refractivity contribution is 5.80. The lowest BCUT2D eigenvalue weighted by Crippen LogP contribution is -2.15. The van der Waals surface area contributed by atoms with Crippen LogP contribution in [0.3, 0.4) is 0 Å². The van der Waals surface area contributed by atoms with Crippen molar-refractivity contribution in [2.75, 3.05) is 0 Å². The third-order valence-electron chi connectivity index (χ3n) is 3.60. The molecule has 0 atom stereocenters. The summed E-state index contributed by atoms with van der Waals surface area (Å²) in [5, 5.41) is 0. The number of hydrogen-bond donors (Lipinski definition) is 0. The monoisotopic (exact) mass is 230 g/mol. The fourth-order valence-electron chi connectivity index (χ4n) is 2.68. The summed E-state index contributed by atoms with van der Waals surface area (Å²) in [6.45, 7) is 3.99. The topological polar surface area (TPSA) is 0 Å². The minimum absolute atomic E-state index is 0.245. The molecule has 2 heteroatoms. The average molecular weight is 230 g/mol. The van der Waals surface area contributed by atoms with E-state index < -0.39 is 0 Å². The maximum Gasteiger partial charge on any atom is 0.123 e. The molecule has 0 aromatic heterocycles. The molecule has 2 aromatic rings. The molecule has 1 aliphatic rings. The predicted molar refractivity (Wildman–Crippen MR) is 63.9 cm³/mol. The minimum Gasteiger partial charge on any atom is -0.207 e. The van der Waals surface area contributed by atoms with E-state index in [1.165, 1.54) is 12.1 Å². The third kappa shape index (κ3) is 1.33. The summed E-state index contributed by atoms with van der Waals surface area (Å²) < 4.78 is 26.7. The lowest BCUT2D eigenvalue weighted by molar-refractivity contribution is 0.599. The molecule has 0 saturated carbocycles. The van der Waals surface area contributed by atoms with Crippen LogP contribution in [0.15, 0.2) is 36.4 Å². The van der Waals surface area contributed by atoms with Gasteiger partial charge in [0.05, 0.1) is 0 Å². The van der Waals surface area contributed by atoms with Crippen LogP contribution in [0, 0.1) is 11.6 Å². The van der Waals surface area contributed by atoms with Gasteiger partial charge >= 0.3 is 0 Å². The zero-order chi connectivity index (χ0) is 12.2. The second kappa shape index (κ2) is 3.16. The van der Waals surface area contributed by atoms with Gasteiger partial charge in [0.15, 0.2) is 0 Å². The Morgan fingerprint density at radius 1 is 0.765 bits per heavy atom. The van der Waals surface area contributed by atoms with Crippen molar-refractivity contribution in [2.24, 2.45) is 0 Å². The molecule has 0 aliphatic heterocycles. The van der Waals surface area contributed by atoms with E-state index in [-0.39, 0.29) is 17.0 Å². The summed E-state index contributed by atoms with van der Waals surface area (Å²) in [5.41, 5.74) is 3.53. The summed E-state index contributed by atoms with van der Waals surface area (Å²) in [6, 6.07) is 9.55. The Kier molecular flexibility index (Phi) is 1.94.